The van der Waals surface area contributed by atoms with E-state index in [1.165, 1.54) is 18.1 Å². The van der Waals surface area contributed by atoms with E-state index in [1.807, 2.05) is 36.4 Å². The van der Waals surface area contributed by atoms with Gasteiger partial charge in [-0.05, 0) is 35.1 Å². The first kappa shape index (κ1) is 14.3. The third-order valence-electron chi connectivity index (χ3n) is 3.96. The van der Waals surface area contributed by atoms with Gasteiger partial charge >= 0.3 is 6.03 Å². The zero-order valence-corrected chi connectivity index (χ0v) is 12.4. The second-order valence-corrected chi connectivity index (χ2v) is 5.49. The molecule has 3 amide bonds. The van der Waals surface area contributed by atoms with E-state index in [2.05, 4.69) is 22.8 Å². The average Bonchev–Trinajstić information content (AvgIpc) is 2.65. The summed E-state index contributed by atoms with van der Waals surface area (Å²) in [4.78, 5) is 23.1. The summed E-state index contributed by atoms with van der Waals surface area (Å²) in [6.45, 7) is 1.33. The van der Waals surface area contributed by atoms with Crippen LogP contribution in [0, 0.1) is 0 Å². The summed E-state index contributed by atoms with van der Waals surface area (Å²) in [6.07, 6.45) is 1.89. The molecule has 0 heterocycles. The fourth-order valence-corrected chi connectivity index (χ4v) is 3.01. The monoisotopic (exact) mass is 294 g/mol. The van der Waals surface area contributed by atoms with Crippen molar-refractivity contribution in [3.05, 3.63) is 70.8 Å². The van der Waals surface area contributed by atoms with Crippen molar-refractivity contribution in [2.75, 3.05) is 0 Å². The second kappa shape index (κ2) is 6.02. The number of rotatable bonds is 1. The highest BCUT2D eigenvalue weighted by molar-refractivity contribution is 5.93. The Morgan fingerprint density at radius 3 is 1.91 bits per heavy atom. The van der Waals surface area contributed by atoms with Gasteiger partial charge in [0.25, 0.3) is 0 Å². The molecule has 1 aliphatic carbocycles. The summed E-state index contributed by atoms with van der Waals surface area (Å²) in [6, 6.07) is 15.5. The lowest BCUT2D eigenvalue weighted by Crippen LogP contribution is -2.40. The zero-order chi connectivity index (χ0) is 15.5. The first-order valence-corrected chi connectivity index (χ1v) is 7.39. The number of carbonyl (C=O) groups is 2. The Morgan fingerprint density at radius 1 is 0.909 bits per heavy atom. The van der Waals surface area contributed by atoms with E-state index in [1.54, 1.807) is 0 Å². The van der Waals surface area contributed by atoms with Crippen LogP contribution in [0.5, 0.6) is 0 Å². The van der Waals surface area contributed by atoms with Crippen LogP contribution in [0.2, 0.25) is 0 Å². The molecule has 0 fully saturated rings. The lowest BCUT2D eigenvalue weighted by molar-refractivity contribution is -0.117. The number of fused-ring (bicyclic) bond motifs is 2. The number of urea groups is 1. The van der Waals surface area contributed by atoms with Crippen molar-refractivity contribution in [3.63, 3.8) is 0 Å². The Hall–Kier alpha value is -2.62. The van der Waals surface area contributed by atoms with E-state index < -0.39 is 6.03 Å². The van der Waals surface area contributed by atoms with Crippen molar-refractivity contribution in [1.29, 1.82) is 0 Å². The second-order valence-electron chi connectivity index (χ2n) is 5.49. The van der Waals surface area contributed by atoms with Crippen LogP contribution in [0.3, 0.4) is 0 Å². The van der Waals surface area contributed by atoms with Gasteiger partial charge in [0.1, 0.15) is 0 Å². The molecule has 2 aromatic carbocycles. The van der Waals surface area contributed by atoms with Gasteiger partial charge in [-0.2, -0.15) is 0 Å². The molecule has 0 aromatic heterocycles. The van der Waals surface area contributed by atoms with Crippen molar-refractivity contribution in [1.82, 2.24) is 10.6 Å². The minimum Gasteiger partial charge on any atom is -0.327 e. The highest BCUT2D eigenvalue weighted by atomic mass is 16.2. The van der Waals surface area contributed by atoms with Gasteiger partial charge in [0.05, 0.1) is 6.04 Å². The van der Waals surface area contributed by atoms with Crippen LogP contribution >= 0.6 is 0 Å². The Bertz CT molecular complexity index is 677. The number of nitrogens with one attached hydrogen (secondary N) is 2. The van der Waals surface area contributed by atoms with Crippen molar-refractivity contribution < 1.29 is 9.59 Å². The molecule has 0 saturated carbocycles. The van der Waals surface area contributed by atoms with E-state index in [9.17, 15) is 9.59 Å². The molecule has 4 nitrogen and oxygen atoms in total. The van der Waals surface area contributed by atoms with Crippen molar-refractivity contribution in [2.24, 2.45) is 0 Å². The maximum Gasteiger partial charge on any atom is 0.322 e. The molecule has 22 heavy (non-hydrogen) atoms. The normalized spacial score (nSPS) is 13.5. The van der Waals surface area contributed by atoms with Crippen molar-refractivity contribution in [2.45, 2.75) is 25.8 Å². The van der Waals surface area contributed by atoms with E-state index in [0.29, 0.717) is 0 Å². The molecule has 0 radical (unpaired) electrons. The number of hydrogen-bond acceptors (Lipinski definition) is 2. The lowest BCUT2D eigenvalue weighted by Gasteiger charge is -2.21. The lowest BCUT2D eigenvalue weighted by atomic mass is 9.95. The summed E-state index contributed by atoms with van der Waals surface area (Å²) < 4.78 is 0. The Kier molecular flexibility index (Phi) is 3.92. The number of amides is 3. The van der Waals surface area contributed by atoms with E-state index in [-0.39, 0.29) is 11.9 Å². The highest BCUT2D eigenvalue weighted by Crippen LogP contribution is 2.32. The molecule has 1 aliphatic rings. The van der Waals surface area contributed by atoms with E-state index >= 15 is 0 Å². The number of hydrogen-bond donors (Lipinski definition) is 2. The Morgan fingerprint density at radius 2 is 1.41 bits per heavy atom. The van der Waals surface area contributed by atoms with E-state index in [0.717, 1.165) is 24.0 Å². The predicted octanol–water partition coefficient (Wildman–Crippen LogP) is 2.72. The van der Waals surface area contributed by atoms with Crippen LogP contribution < -0.4 is 10.6 Å². The van der Waals surface area contributed by atoms with Gasteiger partial charge in [-0.15, -0.1) is 0 Å². The average molecular weight is 294 g/mol. The minimum atomic E-state index is -0.469. The maximum atomic E-state index is 12.0. The minimum absolute atomic E-state index is 0.241. The third-order valence-corrected chi connectivity index (χ3v) is 3.96. The molecule has 0 unspecified atom stereocenters. The first-order valence-electron chi connectivity index (χ1n) is 7.39. The van der Waals surface area contributed by atoms with Crippen LogP contribution in [0.4, 0.5) is 4.79 Å². The van der Waals surface area contributed by atoms with Gasteiger partial charge in [-0.25, -0.2) is 4.79 Å². The van der Waals surface area contributed by atoms with Gasteiger partial charge in [0.15, 0.2) is 0 Å². The molecule has 112 valence electrons. The van der Waals surface area contributed by atoms with Gasteiger partial charge in [-0.3, -0.25) is 10.1 Å². The number of carbonyl (C=O) groups excluding carboxylic acids is 2. The molecular formula is C18H18N2O2. The smallest absolute Gasteiger partial charge is 0.322 e. The summed E-state index contributed by atoms with van der Waals surface area (Å²) >= 11 is 0. The van der Waals surface area contributed by atoms with Crippen LogP contribution in [0.25, 0.3) is 0 Å². The Labute approximate surface area is 129 Å². The topological polar surface area (TPSA) is 58.2 Å². The number of imide groups is 1. The van der Waals surface area contributed by atoms with Crippen LogP contribution in [0.1, 0.15) is 35.2 Å². The molecule has 0 bridgehead atoms. The molecule has 0 atom stereocenters. The number of benzene rings is 2. The molecule has 0 saturated heterocycles. The zero-order valence-electron chi connectivity index (χ0n) is 12.4. The maximum absolute atomic E-state index is 12.0. The van der Waals surface area contributed by atoms with Crippen LogP contribution in [-0.4, -0.2) is 11.9 Å². The standard InChI is InChI=1S/C18H18N2O2/c1-12(21)19-18(22)20-17-15-8-4-2-6-13(15)10-11-14-7-3-5-9-16(14)17/h2-9,17H,10-11H2,1H3,(H2,19,20,21,22). The number of aryl methyl sites for hydroxylation is 2. The largest absolute Gasteiger partial charge is 0.327 e. The van der Waals surface area contributed by atoms with Crippen LogP contribution in [-0.2, 0) is 17.6 Å². The quantitative estimate of drug-likeness (QED) is 0.849. The molecule has 4 heteroatoms. The first-order chi connectivity index (χ1) is 10.6. The summed E-state index contributed by atoms with van der Waals surface area (Å²) in [7, 11) is 0. The summed E-state index contributed by atoms with van der Waals surface area (Å²) in [5.41, 5.74) is 4.64. The third kappa shape index (κ3) is 2.86. The summed E-state index contributed by atoms with van der Waals surface area (Å²) in [5, 5.41) is 5.21. The molecule has 2 N–H and O–H groups in total. The fraction of sp³-hybridized carbons (Fsp3) is 0.222. The van der Waals surface area contributed by atoms with Crippen molar-refractivity contribution in [3.8, 4) is 0 Å². The van der Waals surface area contributed by atoms with Crippen LogP contribution in [0.15, 0.2) is 48.5 Å². The Balaban J connectivity index is 2.02. The van der Waals surface area contributed by atoms with Gasteiger partial charge < -0.3 is 5.32 Å². The molecule has 2 aromatic rings. The van der Waals surface area contributed by atoms with Gasteiger partial charge in [0.2, 0.25) is 5.91 Å². The van der Waals surface area contributed by atoms with Gasteiger partial charge in [-0.1, -0.05) is 48.5 Å². The molecule has 0 aliphatic heterocycles. The molecule has 0 spiro atoms. The van der Waals surface area contributed by atoms with Crippen molar-refractivity contribution >= 4 is 11.9 Å². The predicted molar refractivity (Wildman–Crippen MR) is 84.5 cm³/mol. The SMILES string of the molecule is CC(=O)NC(=O)NC1c2ccccc2CCc2ccccc21. The highest BCUT2D eigenvalue weighted by Gasteiger charge is 2.24. The summed E-state index contributed by atoms with van der Waals surface area (Å²) in [5.74, 6) is -0.368. The van der Waals surface area contributed by atoms with Gasteiger partial charge in [0, 0.05) is 6.92 Å². The van der Waals surface area contributed by atoms with E-state index in [4.69, 9.17) is 0 Å². The molecule has 3 rings (SSSR count). The fourth-order valence-electron chi connectivity index (χ4n) is 3.01. The molecular weight excluding hydrogens is 276 g/mol.